The van der Waals surface area contributed by atoms with Gasteiger partial charge in [0.25, 0.3) is 5.91 Å². The first kappa shape index (κ1) is 14.6. The summed E-state index contributed by atoms with van der Waals surface area (Å²) in [7, 11) is 0. The van der Waals surface area contributed by atoms with E-state index in [0.717, 1.165) is 19.3 Å². The van der Waals surface area contributed by atoms with Crippen molar-refractivity contribution in [1.29, 1.82) is 0 Å². The Kier molecular flexibility index (Phi) is 3.85. The minimum Gasteiger partial charge on any atom is -0.350 e. The van der Waals surface area contributed by atoms with Crippen molar-refractivity contribution < 1.29 is 9.18 Å². The number of amides is 1. The highest BCUT2D eigenvalue weighted by Gasteiger charge is 2.32. The van der Waals surface area contributed by atoms with Crippen LogP contribution in [0.25, 0.3) is 11.1 Å². The number of halogens is 1. The second-order valence-electron chi connectivity index (χ2n) is 5.72. The molecule has 3 N–H and O–H groups in total. The molecule has 1 fully saturated rings. The van der Waals surface area contributed by atoms with Crippen molar-refractivity contribution >= 4 is 5.91 Å². The van der Waals surface area contributed by atoms with E-state index in [0.29, 0.717) is 17.7 Å². The van der Waals surface area contributed by atoms with Gasteiger partial charge in [-0.15, -0.1) is 0 Å². The number of rotatable bonds is 4. The first-order chi connectivity index (χ1) is 10.6. The van der Waals surface area contributed by atoms with Crippen LogP contribution in [0, 0.1) is 5.82 Å². The molecule has 0 bridgehead atoms. The normalized spacial score (nSPS) is 15.9. The Labute approximate surface area is 127 Å². The summed E-state index contributed by atoms with van der Waals surface area (Å²) in [6.07, 6.45) is 7.46. The minimum atomic E-state index is -0.571. The molecule has 2 aromatic rings. The van der Waals surface area contributed by atoms with Gasteiger partial charge in [0.05, 0.1) is 5.56 Å². The fourth-order valence-corrected chi connectivity index (χ4v) is 2.49. The maximum Gasteiger partial charge on any atom is 0.254 e. The number of nitrogens with zero attached hydrogens (tertiary/aromatic N) is 2. The molecule has 1 aromatic heterocycles. The Balaban J connectivity index is 1.73. The van der Waals surface area contributed by atoms with Crippen LogP contribution < -0.4 is 11.1 Å². The van der Waals surface area contributed by atoms with Gasteiger partial charge in [-0.05, 0) is 37.0 Å². The fraction of sp³-hybridized carbons (Fsp3) is 0.312. The molecular formula is C16H17FN4O. The lowest BCUT2D eigenvalue weighted by molar-refractivity contribution is 0.0926. The van der Waals surface area contributed by atoms with Crippen LogP contribution in [0.4, 0.5) is 4.39 Å². The first-order valence-electron chi connectivity index (χ1n) is 7.19. The van der Waals surface area contributed by atoms with Crippen molar-refractivity contribution in [2.24, 2.45) is 5.73 Å². The second kappa shape index (κ2) is 5.81. The van der Waals surface area contributed by atoms with Gasteiger partial charge in [0.15, 0.2) is 0 Å². The highest BCUT2D eigenvalue weighted by molar-refractivity contribution is 5.95. The Morgan fingerprint density at radius 1 is 1.27 bits per heavy atom. The van der Waals surface area contributed by atoms with E-state index in [9.17, 15) is 9.18 Å². The topological polar surface area (TPSA) is 80.9 Å². The van der Waals surface area contributed by atoms with Gasteiger partial charge in [-0.3, -0.25) is 4.79 Å². The molecule has 0 radical (unpaired) electrons. The number of nitrogens with one attached hydrogen (secondary N) is 1. The summed E-state index contributed by atoms with van der Waals surface area (Å²) >= 11 is 0. The Morgan fingerprint density at radius 2 is 2.00 bits per heavy atom. The van der Waals surface area contributed by atoms with E-state index in [1.807, 2.05) is 0 Å². The van der Waals surface area contributed by atoms with Crippen molar-refractivity contribution in [2.75, 3.05) is 6.54 Å². The minimum absolute atomic E-state index is 0.0172. The third kappa shape index (κ3) is 2.96. The third-order valence-corrected chi connectivity index (χ3v) is 4.06. The molecule has 3 rings (SSSR count). The average molecular weight is 300 g/mol. The number of carbonyl (C=O) groups is 1. The average Bonchev–Trinajstić information content (AvgIpc) is 2.51. The quantitative estimate of drug-likeness (QED) is 0.903. The number of hydrogen-bond acceptors (Lipinski definition) is 4. The van der Waals surface area contributed by atoms with Crippen LogP contribution in [-0.2, 0) is 0 Å². The Morgan fingerprint density at radius 3 is 2.59 bits per heavy atom. The molecule has 1 aliphatic carbocycles. The van der Waals surface area contributed by atoms with E-state index in [4.69, 9.17) is 5.73 Å². The zero-order valence-electron chi connectivity index (χ0n) is 12.1. The molecular weight excluding hydrogens is 283 g/mol. The number of aromatic nitrogens is 2. The Hall–Kier alpha value is -2.34. The van der Waals surface area contributed by atoms with Gasteiger partial charge in [-0.1, -0.05) is 6.07 Å². The highest BCUT2D eigenvalue weighted by atomic mass is 19.1. The van der Waals surface area contributed by atoms with Gasteiger partial charge >= 0.3 is 0 Å². The smallest absolute Gasteiger partial charge is 0.254 e. The number of carbonyl (C=O) groups excluding carboxylic acids is 1. The lowest BCUT2D eigenvalue weighted by atomic mass is 9.78. The summed E-state index contributed by atoms with van der Waals surface area (Å²) in [6.45, 7) is 0.375. The van der Waals surface area contributed by atoms with Gasteiger partial charge in [0, 0.05) is 30.0 Å². The van der Waals surface area contributed by atoms with Crippen molar-refractivity contribution in [3.05, 3.63) is 48.3 Å². The van der Waals surface area contributed by atoms with E-state index < -0.39 is 11.7 Å². The fourth-order valence-electron chi connectivity index (χ4n) is 2.49. The molecule has 1 aromatic carbocycles. The van der Waals surface area contributed by atoms with Crippen LogP contribution in [0.2, 0.25) is 0 Å². The monoisotopic (exact) mass is 300 g/mol. The number of nitrogens with two attached hydrogens (primary N) is 1. The largest absolute Gasteiger partial charge is 0.350 e. The SMILES string of the molecule is NC1(CNC(=O)c2ccc(-c3cncnc3)cc2F)CCC1. The second-order valence-corrected chi connectivity index (χ2v) is 5.72. The maximum absolute atomic E-state index is 14.2. The van der Waals surface area contributed by atoms with Gasteiger partial charge < -0.3 is 11.1 Å². The number of hydrogen-bond donors (Lipinski definition) is 2. The van der Waals surface area contributed by atoms with Crippen molar-refractivity contribution in [2.45, 2.75) is 24.8 Å². The summed E-state index contributed by atoms with van der Waals surface area (Å²) in [5, 5.41) is 2.71. The molecule has 0 atom stereocenters. The van der Waals surface area contributed by atoms with Crippen LogP contribution in [0.1, 0.15) is 29.6 Å². The van der Waals surface area contributed by atoms with E-state index in [2.05, 4.69) is 15.3 Å². The molecule has 6 heteroatoms. The first-order valence-corrected chi connectivity index (χ1v) is 7.19. The van der Waals surface area contributed by atoms with Gasteiger partial charge in [-0.2, -0.15) is 0 Å². The molecule has 5 nitrogen and oxygen atoms in total. The molecule has 1 saturated carbocycles. The zero-order chi connectivity index (χ0) is 15.6. The Bertz CT molecular complexity index is 686. The van der Waals surface area contributed by atoms with E-state index in [1.54, 1.807) is 18.5 Å². The van der Waals surface area contributed by atoms with Gasteiger partial charge in [-0.25, -0.2) is 14.4 Å². The van der Waals surface area contributed by atoms with Crippen LogP contribution in [-0.4, -0.2) is 28.0 Å². The summed E-state index contributed by atoms with van der Waals surface area (Å²) in [6, 6.07) is 4.46. The molecule has 0 spiro atoms. The lowest BCUT2D eigenvalue weighted by Crippen LogP contribution is -2.55. The van der Waals surface area contributed by atoms with Crippen molar-refractivity contribution in [3.8, 4) is 11.1 Å². The van der Waals surface area contributed by atoms with Gasteiger partial charge in [0.2, 0.25) is 0 Å². The molecule has 0 aliphatic heterocycles. The van der Waals surface area contributed by atoms with Crippen LogP contribution in [0.3, 0.4) is 0 Å². The molecule has 1 heterocycles. The van der Waals surface area contributed by atoms with Crippen LogP contribution in [0.15, 0.2) is 36.9 Å². The van der Waals surface area contributed by atoms with Crippen LogP contribution >= 0.6 is 0 Å². The van der Waals surface area contributed by atoms with Gasteiger partial charge in [0.1, 0.15) is 12.1 Å². The van der Waals surface area contributed by atoms with Crippen LogP contribution in [0.5, 0.6) is 0 Å². The number of benzene rings is 1. The summed E-state index contributed by atoms with van der Waals surface area (Å²) in [5.74, 6) is -1.01. The maximum atomic E-state index is 14.2. The van der Waals surface area contributed by atoms with E-state index in [-0.39, 0.29) is 11.1 Å². The van der Waals surface area contributed by atoms with E-state index >= 15 is 0 Å². The predicted molar refractivity (Wildman–Crippen MR) is 80.5 cm³/mol. The summed E-state index contributed by atoms with van der Waals surface area (Å²) in [4.78, 5) is 19.9. The predicted octanol–water partition coefficient (Wildman–Crippen LogP) is 1.89. The molecule has 0 saturated heterocycles. The molecule has 1 aliphatic rings. The summed E-state index contributed by atoms with van der Waals surface area (Å²) in [5.41, 5.74) is 7.06. The lowest BCUT2D eigenvalue weighted by Gasteiger charge is -2.38. The molecule has 22 heavy (non-hydrogen) atoms. The standard InChI is InChI=1S/C16H17FN4O/c17-14-6-11(12-7-19-10-20-8-12)2-3-13(14)15(22)21-9-16(18)4-1-5-16/h2-3,6-8,10H,1,4-5,9,18H2,(H,21,22). The summed E-state index contributed by atoms with van der Waals surface area (Å²) < 4.78 is 14.2. The van der Waals surface area contributed by atoms with Crippen molar-refractivity contribution in [3.63, 3.8) is 0 Å². The molecule has 0 unspecified atom stereocenters. The zero-order valence-corrected chi connectivity index (χ0v) is 12.1. The highest BCUT2D eigenvalue weighted by Crippen LogP contribution is 2.28. The third-order valence-electron chi connectivity index (χ3n) is 4.06. The molecule has 1 amide bonds. The van der Waals surface area contributed by atoms with Crippen molar-refractivity contribution in [1.82, 2.24) is 15.3 Å². The van der Waals surface area contributed by atoms with E-state index in [1.165, 1.54) is 18.5 Å². The molecule has 114 valence electrons.